The highest BCUT2D eigenvalue weighted by molar-refractivity contribution is 5.91. The van der Waals surface area contributed by atoms with Gasteiger partial charge in [-0.3, -0.25) is 14.4 Å². The van der Waals surface area contributed by atoms with Crippen molar-refractivity contribution in [2.45, 2.75) is 31.4 Å². The molecule has 1 heterocycles. The Kier molecular flexibility index (Phi) is 5.68. The first-order valence-electron chi connectivity index (χ1n) is 8.50. The van der Waals surface area contributed by atoms with Crippen LogP contribution in [0.5, 0.6) is 0 Å². The van der Waals surface area contributed by atoms with Gasteiger partial charge >= 0.3 is 5.97 Å². The highest BCUT2D eigenvalue weighted by atomic mass is 16.5. The highest BCUT2D eigenvalue weighted by Crippen LogP contribution is 2.23. The number of amides is 2. The minimum absolute atomic E-state index is 0.0491. The first-order valence-corrected chi connectivity index (χ1v) is 8.50. The van der Waals surface area contributed by atoms with Crippen molar-refractivity contribution in [2.24, 2.45) is 0 Å². The summed E-state index contributed by atoms with van der Waals surface area (Å²) in [5.41, 5.74) is 0.610. The topological polar surface area (TPSA) is 97.6 Å². The van der Waals surface area contributed by atoms with Crippen LogP contribution in [0.4, 0.5) is 0 Å². The van der Waals surface area contributed by atoms with Crippen LogP contribution < -0.4 is 10.6 Å². The Bertz CT molecular complexity index is 754. The van der Waals surface area contributed by atoms with Crippen molar-refractivity contribution in [1.82, 2.24) is 10.6 Å². The van der Waals surface area contributed by atoms with E-state index in [2.05, 4.69) is 10.6 Å². The molecule has 0 spiro atoms. The van der Waals surface area contributed by atoms with Crippen LogP contribution >= 0.6 is 0 Å². The van der Waals surface area contributed by atoms with E-state index in [-0.39, 0.29) is 30.7 Å². The van der Waals surface area contributed by atoms with Crippen molar-refractivity contribution < 1.29 is 23.5 Å². The Hall–Kier alpha value is -3.09. The van der Waals surface area contributed by atoms with Gasteiger partial charge in [-0.15, -0.1) is 0 Å². The van der Waals surface area contributed by atoms with Gasteiger partial charge in [-0.2, -0.15) is 0 Å². The van der Waals surface area contributed by atoms with E-state index in [0.29, 0.717) is 5.56 Å². The van der Waals surface area contributed by atoms with Crippen LogP contribution in [0, 0.1) is 0 Å². The smallest absolute Gasteiger partial charge is 0.308 e. The minimum Gasteiger partial charge on any atom is -0.459 e. The molecule has 1 aromatic heterocycles. The molecule has 1 aliphatic rings. The van der Waals surface area contributed by atoms with Gasteiger partial charge in [-0.25, -0.2) is 0 Å². The molecule has 3 rings (SSSR count). The molecule has 0 radical (unpaired) electrons. The second-order valence-electron chi connectivity index (χ2n) is 6.05. The standard InChI is InChI=1S/C19H20N2O5/c22-16(10-11-20-18(23)15-7-4-12-25-15)26-17(13-5-2-1-3-6-13)19(24)21-14-8-9-14/h1-7,12,14,17H,8-11H2,(H,20,23)(H,21,24). The van der Waals surface area contributed by atoms with Crippen LogP contribution in [-0.2, 0) is 14.3 Å². The molecule has 1 atom stereocenters. The molecule has 0 aliphatic heterocycles. The number of hydrogen-bond donors (Lipinski definition) is 2. The number of nitrogens with one attached hydrogen (secondary N) is 2. The molecule has 1 fully saturated rings. The molecule has 1 aliphatic carbocycles. The van der Waals surface area contributed by atoms with Gasteiger partial charge in [0.25, 0.3) is 11.8 Å². The maximum absolute atomic E-state index is 12.4. The van der Waals surface area contributed by atoms with E-state index < -0.39 is 18.0 Å². The number of furan rings is 1. The molecular weight excluding hydrogens is 336 g/mol. The number of hydrogen-bond acceptors (Lipinski definition) is 5. The summed E-state index contributed by atoms with van der Waals surface area (Å²) in [6, 6.07) is 12.2. The van der Waals surface area contributed by atoms with Gasteiger partial charge in [0, 0.05) is 18.2 Å². The number of carbonyl (C=O) groups excluding carboxylic acids is 3. The lowest BCUT2D eigenvalue weighted by atomic mass is 10.1. The maximum atomic E-state index is 12.4. The van der Waals surface area contributed by atoms with E-state index in [9.17, 15) is 14.4 Å². The lowest BCUT2D eigenvalue weighted by molar-refractivity contribution is -0.156. The Morgan fingerprint density at radius 1 is 1.12 bits per heavy atom. The van der Waals surface area contributed by atoms with E-state index >= 15 is 0 Å². The van der Waals surface area contributed by atoms with Crippen molar-refractivity contribution in [2.75, 3.05) is 6.54 Å². The first kappa shape index (κ1) is 17.7. The van der Waals surface area contributed by atoms with Gasteiger partial charge in [0.05, 0.1) is 12.7 Å². The number of carbonyl (C=O) groups is 3. The molecule has 7 heteroatoms. The SMILES string of the molecule is O=C(CCNC(=O)c1ccco1)OC(C(=O)NC1CC1)c1ccccc1. The van der Waals surface area contributed by atoms with Gasteiger partial charge in [-0.1, -0.05) is 30.3 Å². The zero-order valence-corrected chi connectivity index (χ0v) is 14.1. The number of benzene rings is 1. The molecule has 1 aromatic carbocycles. The Labute approximate surface area is 150 Å². The predicted octanol–water partition coefficient (Wildman–Crippen LogP) is 1.96. The molecule has 136 valence electrons. The molecule has 2 aromatic rings. The average Bonchev–Trinajstić information content (AvgIpc) is 3.28. The van der Waals surface area contributed by atoms with Crippen LogP contribution in [0.2, 0.25) is 0 Å². The van der Waals surface area contributed by atoms with Gasteiger partial charge in [-0.05, 0) is 25.0 Å². The largest absolute Gasteiger partial charge is 0.459 e. The summed E-state index contributed by atoms with van der Waals surface area (Å²) in [7, 11) is 0. The molecule has 2 amide bonds. The second-order valence-corrected chi connectivity index (χ2v) is 6.05. The summed E-state index contributed by atoms with van der Waals surface area (Å²) in [6.45, 7) is 0.0874. The van der Waals surface area contributed by atoms with E-state index in [1.54, 1.807) is 30.3 Å². The van der Waals surface area contributed by atoms with Gasteiger partial charge < -0.3 is 19.8 Å². The number of esters is 1. The molecule has 0 saturated heterocycles. The Morgan fingerprint density at radius 2 is 1.88 bits per heavy atom. The van der Waals surface area contributed by atoms with Gasteiger partial charge in [0.1, 0.15) is 0 Å². The Balaban J connectivity index is 1.53. The lowest BCUT2D eigenvalue weighted by Crippen LogP contribution is -2.34. The number of rotatable bonds is 8. The lowest BCUT2D eigenvalue weighted by Gasteiger charge is -2.18. The van der Waals surface area contributed by atoms with Crippen molar-refractivity contribution in [3.05, 3.63) is 60.1 Å². The highest BCUT2D eigenvalue weighted by Gasteiger charge is 2.30. The van der Waals surface area contributed by atoms with Crippen molar-refractivity contribution in [3.8, 4) is 0 Å². The van der Waals surface area contributed by atoms with E-state index in [1.165, 1.54) is 12.3 Å². The third-order valence-corrected chi connectivity index (χ3v) is 3.87. The fraction of sp³-hybridized carbons (Fsp3) is 0.316. The minimum atomic E-state index is -0.995. The van der Waals surface area contributed by atoms with Crippen LogP contribution in [0.3, 0.4) is 0 Å². The fourth-order valence-corrected chi connectivity index (χ4v) is 2.37. The van der Waals surface area contributed by atoms with E-state index in [4.69, 9.17) is 9.15 Å². The molecule has 2 N–H and O–H groups in total. The zero-order chi connectivity index (χ0) is 18.4. The van der Waals surface area contributed by atoms with Crippen molar-refractivity contribution >= 4 is 17.8 Å². The Morgan fingerprint density at radius 3 is 2.54 bits per heavy atom. The summed E-state index contributed by atoms with van der Waals surface area (Å²) in [5.74, 6) is -1.13. The molecule has 1 unspecified atom stereocenters. The first-order chi connectivity index (χ1) is 12.6. The predicted molar refractivity (Wildman–Crippen MR) is 92.1 cm³/mol. The summed E-state index contributed by atoms with van der Waals surface area (Å²) >= 11 is 0. The fourth-order valence-electron chi connectivity index (χ4n) is 2.37. The third-order valence-electron chi connectivity index (χ3n) is 3.87. The van der Waals surface area contributed by atoms with Crippen LogP contribution in [0.1, 0.15) is 41.5 Å². The van der Waals surface area contributed by atoms with E-state index in [0.717, 1.165) is 12.8 Å². The van der Waals surface area contributed by atoms with Crippen molar-refractivity contribution in [1.29, 1.82) is 0 Å². The summed E-state index contributed by atoms with van der Waals surface area (Å²) < 4.78 is 10.3. The zero-order valence-electron chi connectivity index (χ0n) is 14.1. The van der Waals surface area contributed by atoms with Crippen LogP contribution in [0.15, 0.2) is 53.1 Å². The van der Waals surface area contributed by atoms with Gasteiger partial charge in [0.15, 0.2) is 5.76 Å². The molecule has 7 nitrogen and oxygen atoms in total. The van der Waals surface area contributed by atoms with Crippen LogP contribution in [-0.4, -0.2) is 30.4 Å². The number of ether oxygens (including phenoxy) is 1. The summed E-state index contributed by atoms with van der Waals surface area (Å²) in [4.78, 5) is 36.3. The van der Waals surface area contributed by atoms with Gasteiger partial charge in [0.2, 0.25) is 6.10 Å². The molecule has 0 bridgehead atoms. The summed E-state index contributed by atoms with van der Waals surface area (Å²) in [5, 5.41) is 5.42. The molecule has 26 heavy (non-hydrogen) atoms. The third kappa shape index (κ3) is 4.95. The average molecular weight is 356 g/mol. The normalized spacial score (nSPS) is 14.3. The second kappa shape index (κ2) is 8.33. The monoisotopic (exact) mass is 356 g/mol. The van der Waals surface area contributed by atoms with E-state index in [1.807, 2.05) is 6.07 Å². The molecular formula is C19H20N2O5. The molecule has 1 saturated carbocycles. The maximum Gasteiger partial charge on any atom is 0.308 e. The van der Waals surface area contributed by atoms with Crippen LogP contribution in [0.25, 0.3) is 0 Å². The van der Waals surface area contributed by atoms with Crippen molar-refractivity contribution in [3.63, 3.8) is 0 Å². The summed E-state index contributed by atoms with van der Waals surface area (Å²) in [6.07, 6.45) is 2.24. The quantitative estimate of drug-likeness (QED) is 0.705.